The van der Waals surface area contributed by atoms with Crippen LogP contribution in [0.4, 0.5) is 0 Å². The van der Waals surface area contributed by atoms with E-state index in [0.717, 1.165) is 19.3 Å². The molecule has 1 aromatic rings. The minimum absolute atomic E-state index is 0.0306. The summed E-state index contributed by atoms with van der Waals surface area (Å²) in [6.07, 6.45) is 3.56. The number of hydrazine groups is 1. The van der Waals surface area contributed by atoms with Gasteiger partial charge in [-0.1, -0.05) is 38.3 Å². The monoisotopic (exact) mass is 365 g/mol. The quantitative estimate of drug-likeness (QED) is 0.238. The smallest absolute Gasteiger partial charge is 0.239 e. The first-order valence-electron chi connectivity index (χ1n) is 8.96. The minimum Gasteiger partial charge on any atom is -0.486 e. The Bertz CT molecular complexity index is 584. The molecular weight excluding hydrogens is 338 g/mol. The van der Waals surface area contributed by atoms with Crippen LogP contribution in [-0.2, 0) is 9.59 Å². The minimum atomic E-state index is -0.478. The first kappa shape index (κ1) is 20.0. The molecule has 1 aliphatic rings. The van der Waals surface area contributed by atoms with Crippen LogP contribution in [0.5, 0.6) is 11.5 Å². The van der Waals surface area contributed by atoms with Crippen molar-refractivity contribution in [3.63, 3.8) is 0 Å². The maximum Gasteiger partial charge on any atom is 0.239 e. The van der Waals surface area contributed by atoms with E-state index in [1.165, 1.54) is 0 Å². The van der Waals surface area contributed by atoms with Gasteiger partial charge in [-0.15, -0.1) is 0 Å². The van der Waals surface area contributed by atoms with Gasteiger partial charge in [0.25, 0.3) is 0 Å². The fourth-order valence-corrected chi connectivity index (χ4v) is 2.73. The molecule has 2 rings (SSSR count). The van der Waals surface area contributed by atoms with Crippen molar-refractivity contribution < 1.29 is 24.3 Å². The summed E-state index contributed by atoms with van der Waals surface area (Å²) in [5, 5.41) is 9.89. The van der Waals surface area contributed by atoms with Crippen LogP contribution in [0.3, 0.4) is 0 Å². The van der Waals surface area contributed by atoms with Crippen LogP contribution in [0.1, 0.15) is 32.6 Å². The Hall–Kier alpha value is -2.32. The number of rotatable bonds is 11. The number of carbonyl (C=O) groups is 2. The molecule has 0 aliphatic carbocycles. The third kappa shape index (κ3) is 6.20. The zero-order chi connectivity index (χ0) is 18.8. The highest BCUT2D eigenvalue weighted by molar-refractivity contribution is 5.78. The Morgan fingerprint density at radius 3 is 2.88 bits per heavy atom. The Kier molecular flexibility index (Phi) is 8.17. The number of benzene rings is 1. The van der Waals surface area contributed by atoms with Crippen LogP contribution in [0.25, 0.3) is 0 Å². The van der Waals surface area contributed by atoms with Gasteiger partial charge in [-0.05, 0) is 18.6 Å². The lowest BCUT2D eigenvalue weighted by molar-refractivity contribution is -0.154. The van der Waals surface area contributed by atoms with Gasteiger partial charge in [0.05, 0.1) is 19.0 Å². The van der Waals surface area contributed by atoms with Gasteiger partial charge in [-0.3, -0.25) is 20.2 Å². The van der Waals surface area contributed by atoms with Crippen molar-refractivity contribution in [1.29, 1.82) is 0 Å². The second kappa shape index (κ2) is 10.6. The Labute approximate surface area is 153 Å². The number of amides is 2. The Balaban J connectivity index is 1.77. The van der Waals surface area contributed by atoms with Crippen molar-refractivity contribution in [3.05, 3.63) is 24.3 Å². The fourth-order valence-electron chi connectivity index (χ4n) is 2.73. The van der Waals surface area contributed by atoms with E-state index >= 15 is 0 Å². The molecule has 26 heavy (non-hydrogen) atoms. The highest BCUT2D eigenvalue weighted by atomic mass is 16.6. The van der Waals surface area contributed by atoms with E-state index in [-0.39, 0.29) is 18.6 Å². The van der Waals surface area contributed by atoms with Crippen LogP contribution in [0, 0.1) is 5.92 Å². The molecule has 1 heterocycles. The molecule has 0 bridgehead atoms. The first-order valence-corrected chi connectivity index (χ1v) is 8.96. The maximum absolute atomic E-state index is 12.3. The number of para-hydroxylation sites is 2. The predicted octanol–water partition coefficient (Wildman–Crippen LogP) is 1.49. The van der Waals surface area contributed by atoms with Crippen molar-refractivity contribution in [2.45, 2.75) is 38.7 Å². The lowest BCUT2D eigenvalue weighted by Crippen LogP contribution is -2.49. The van der Waals surface area contributed by atoms with Crippen LogP contribution < -0.4 is 20.3 Å². The molecule has 144 valence electrons. The van der Waals surface area contributed by atoms with E-state index in [1.54, 1.807) is 0 Å². The number of nitrogens with zero attached hydrogens (tertiary/aromatic N) is 1. The largest absolute Gasteiger partial charge is 0.486 e. The van der Waals surface area contributed by atoms with Crippen LogP contribution in [0.2, 0.25) is 0 Å². The third-order valence-corrected chi connectivity index (χ3v) is 4.16. The molecule has 0 aromatic heterocycles. The van der Waals surface area contributed by atoms with Crippen LogP contribution in [-0.4, -0.2) is 48.4 Å². The number of fused-ring (bicyclic) bond motifs is 1. The molecule has 0 fully saturated rings. The normalized spacial score (nSPS) is 16.6. The van der Waals surface area contributed by atoms with Gasteiger partial charge >= 0.3 is 0 Å². The van der Waals surface area contributed by atoms with Crippen molar-refractivity contribution >= 4 is 12.3 Å². The number of unbranched alkanes of at least 4 members (excludes halogenated alkanes) is 2. The molecular formula is C18H27N3O5. The SMILES string of the molecule is CCCCCC(CN(O)C=O)C(=O)NNC[C@@H]1COc2ccccc2O1. The second-order valence-electron chi connectivity index (χ2n) is 6.29. The predicted molar refractivity (Wildman–Crippen MR) is 94.7 cm³/mol. The molecule has 0 radical (unpaired) electrons. The third-order valence-electron chi connectivity index (χ3n) is 4.16. The van der Waals surface area contributed by atoms with E-state index in [2.05, 4.69) is 17.8 Å². The van der Waals surface area contributed by atoms with Gasteiger partial charge in [-0.25, -0.2) is 10.5 Å². The molecule has 2 atom stereocenters. The number of carbonyl (C=O) groups excluding carboxylic acids is 2. The molecule has 3 N–H and O–H groups in total. The number of hydrogen-bond donors (Lipinski definition) is 3. The molecule has 2 amide bonds. The molecule has 8 nitrogen and oxygen atoms in total. The molecule has 1 aromatic carbocycles. The molecule has 1 aliphatic heterocycles. The lowest BCUT2D eigenvalue weighted by atomic mass is 10.0. The zero-order valence-electron chi connectivity index (χ0n) is 15.0. The molecule has 8 heteroatoms. The number of hydrogen-bond acceptors (Lipinski definition) is 6. The maximum atomic E-state index is 12.3. The number of hydroxylamine groups is 2. The summed E-state index contributed by atoms with van der Waals surface area (Å²) in [7, 11) is 0. The van der Waals surface area contributed by atoms with E-state index in [9.17, 15) is 14.8 Å². The van der Waals surface area contributed by atoms with Crippen LogP contribution >= 0.6 is 0 Å². The highest BCUT2D eigenvalue weighted by Crippen LogP contribution is 2.30. The van der Waals surface area contributed by atoms with Crippen LogP contribution in [0.15, 0.2) is 24.3 Å². The summed E-state index contributed by atoms with van der Waals surface area (Å²) in [5.74, 6) is 0.643. The molecule has 0 saturated carbocycles. The standard InChI is InChI=1S/C18H27N3O5/c1-2-3-4-7-14(11-21(24)13-22)18(23)20-19-10-15-12-25-16-8-5-6-9-17(16)26-15/h5-6,8-9,13-15,19,24H,2-4,7,10-12H2,1H3,(H,20,23)/t14?,15-/m1/s1. The topological polar surface area (TPSA) is 100 Å². The summed E-state index contributed by atoms with van der Waals surface area (Å²) in [6.45, 7) is 2.80. The first-order chi connectivity index (χ1) is 12.6. The van der Waals surface area contributed by atoms with E-state index in [0.29, 0.717) is 42.5 Å². The van der Waals surface area contributed by atoms with Gasteiger partial charge in [0, 0.05) is 0 Å². The zero-order valence-corrected chi connectivity index (χ0v) is 15.0. The summed E-state index contributed by atoms with van der Waals surface area (Å²) in [6, 6.07) is 7.42. The lowest BCUT2D eigenvalue weighted by Gasteiger charge is -2.27. The van der Waals surface area contributed by atoms with E-state index in [1.807, 2.05) is 24.3 Å². The number of nitrogens with one attached hydrogen (secondary N) is 2. The summed E-state index contributed by atoms with van der Waals surface area (Å²) in [4.78, 5) is 22.9. The fraction of sp³-hybridized carbons (Fsp3) is 0.556. The molecule has 1 unspecified atom stereocenters. The van der Waals surface area contributed by atoms with Gasteiger partial charge in [-0.2, -0.15) is 0 Å². The summed E-state index contributed by atoms with van der Waals surface area (Å²) >= 11 is 0. The van der Waals surface area contributed by atoms with E-state index in [4.69, 9.17) is 9.47 Å². The Morgan fingerprint density at radius 1 is 1.38 bits per heavy atom. The average molecular weight is 365 g/mol. The number of ether oxygens (including phenoxy) is 2. The average Bonchev–Trinajstić information content (AvgIpc) is 2.67. The van der Waals surface area contributed by atoms with Gasteiger partial charge < -0.3 is 9.47 Å². The van der Waals surface area contributed by atoms with Crippen molar-refractivity contribution in [2.75, 3.05) is 19.7 Å². The molecule has 0 spiro atoms. The summed E-state index contributed by atoms with van der Waals surface area (Å²) < 4.78 is 11.4. The van der Waals surface area contributed by atoms with Crippen molar-refractivity contribution in [3.8, 4) is 11.5 Å². The van der Waals surface area contributed by atoms with E-state index < -0.39 is 5.92 Å². The second-order valence-corrected chi connectivity index (χ2v) is 6.29. The van der Waals surface area contributed by atoms with Crippen molar-refractivity contribution in [1.82, 2.24) is 15.9 Å². The Morgan fingerprint density at radius 2 is 2.15 bits per heavy atom. The highest BCUT2D eigenvalue weighted by Gasteiger charge is 2.23. The van der Waals surface area contributed by atoms with Gasteiger partial charge in [0.15, 0.2) is 11.5 Å². The van der Waals surface area contributed by atoms with Gasteiger partial charge in [0.2, 0.25) is 12.3 Å². The van der Waals surface area contributed by atoms with Gasteiger partial charge in [0.1, 0.15) is 12.7 Å². The summed E-state index contributed by atoms with van der Waals surface area (Å²) in [5.41, 5.74) is 5.49. The van der Waals surface area contributed by atoms with Crippen molar-refractivity contribution in [2.24, 2.45) is 5.92 Å². The molecule has 0 saturated heterocycles.